The number of fused-ring (bicyclic) bond motifs is 15. The molecular weight excluding hydrogens is 812 g/mol. The Morgan fingerprint density at radius 3 is 1.93 bits per heavy atom. The zero-order chi connectivity index (χ0) is 46.5. The second-order valence-electron chi connectivity index (χ2n) is 24.4. The number of aromatic nitrogens is 1. The van der Waals surface area contributed by atoms with Gasteiger partial charge in [0, 0.05) is 49.8 Å². The summed E-state index contributed by atoms with van der Waals surface area (Å²) in [5.41, 5.74) is 26.1. The molecule has 0 saturated heterocycles. The molecular formula is C63H61BN2O. The molecule has 2 aromatic heterocycles. The number of rotatable bonds is 2. The van der Waals surface area contributed by atoms with E-state index < -0.39 is 0 Å². The van der Waals surface area contributed by atoms with Crippen LogP contribution in [0.5, 0.6) is 0 Å². The molecule has 4 heterocycles. The highest BCUT2D eigenvalue weighted by molar-refractivity contribution is 6.94. The maximum absolute atomic E-state index is 6.70. The maximum Gasteiger partial charge on any atom is 0.333 e. The highest BCUT2D eigenvalue weighted by atomic mass is 16.3. The van der Waals surface area contributed by atoms with Crippen LogP contribution in [0.4, 0.5) is 11.4 Å². The Morgan fingerprint density at radius 2 is 1.22 bits per heavy atom. The van der Waals surface area contributed by atoms with Crippen LogP contribution in [0.15, 0.2) is 132 Å². The number of furan rings is 1. The predicted molar refractivity (Wildman–Crippen MR) is 285 cm³/mol. The average Bonchev–Trinajstić information content (AvgIpc) is 3.94. The molecule has 0 N–H and O–H groups in total. The van der Waals surface area contributed by atoms with E-state index in [0.29, 0.717) is 0 Å². The standard InChI is InChI=1S/C63H61BN2O/c1-59(2,3)37-22-25-39(26-23-37)66-49-27-24-38(60(4,5)6)30-42(49)54-53-40-20-16-17-21-45(40)63(11,12)56(53)55-43-31-46-47(62(9,10)29-28-61(46,7)8)33-50(43)65-51-32-41-44(36-18-14-13-15-19-36)35-67-52(41)34-48(51)64(66)57(54)58(55)65/h13-27,30-35H,28-29H2,1-12H3. The number of anilines is 2. The lowest BCUT2D eigenvalue weighted by Gasteiger charge is -2.43. The van der Waals surface area contributed by atoms with Gasteiger partial charge in [-0.2, -0.15) is 0 Å². The zero-order valence-electron chi connectivity index (χ0n) is 41.4. The van der Waals surface area contributed by atoms with E-state index in [-0.39, 0.29) is 33.9 Å². The predicted octanol–water partition coefficient (Wildman–Crippen LogP) is 15.7. The summed E-state index contributed by atoms with van der Waals surface area (Å²) in [6, 6.07) is 47.2. The Bertz CT molecular complexity index is 3620. The van der Waals surface area contributed by atoms with Crippen LogP contribution >= 0.6 is 0 Å². The number of hydrogen-bond acceptors (Lipinski definition) is 2. The third-order valence-electron chi connectivity index (χ3n) is 17.0. The molecule has 9 aromatic rings. The number of hydrogen-bond donors (Lipinski definition) is 0. The largest absolute Gasteiger partial charge is 0.464 e. The molecule has 0 radical (unpaired) electrons. The summed E-state index contributed by atoms with van der Waals surface area (Å²) >= 11 is 0. The molecule has 0 bridgehead atoms. The highest BCUT2D eigenvalue weighted by Gasteiger charge is 2.51. The lowest BCUT2D eigenvalue weighted by molar-refractivity contribution is 0.332. The van der Waals surface area contributed by atoms with E-state index in [1.165, 1.54) is 117 Å². The van der Waals surface area contributed by atoms with Crippen LogP contribution in [-0.4, -0.2) is 11.4 Å². The molecule has 0 spiro atoms. The maximum atomic E-state index is 6.70. The smallest absolute Gasteiger partial charge is 0.333 e. The first-order valence-electron chi connectivity index (χ1n) is 24.7. The summed E-state index contributed by atoms with van der Waals surface area (Å²) < 4.78 is 9.43. The average molecular weight is 873 g/mol. The van der Waals surface area contributed by atoms with E-state index in [2.05, 4.69) is 214 Å². The summed E-state index contributed by atoms with van der Waals surface area (Å²) in [6.45, 7) is 28.8. The third kappa shape index (κ3) is 5.42. The van der Waals surface area contributed by atoms with Crippen LogP contribution < -0.4 is 15.7 Å². The van der Waals surface area contributed by atoms with Crippen molar-refractivity contribution in [3.63, 3.8) is 0 Å². The first kappa shape index (κ1) is 41.0. The van der Waals surface area contributed by atoms with Crippen LogP contribution in [0.3, 0.4) is 0 Å². The van der Waals surface area contributed by atoms with Gasteiger partial charge in [-0.1, -0.05) is 156 Å². The van der Waals surface area contributed by atoms with Gasteiger partial charge in [0.05, 0.1) is 17.3 Å². The first-order chi connectivity index (χ1) is 31.8. The Kier molecular flexibility index (Phi) is 7.97. The number of nitrogens with zero attached hydrogens (tertiary/aromatic N) is 2. The van der Waals surface area contributed by atoms with E-state index in [9.17, 15) is 0 Å². The Morgan fingerprint density at radius 1 is 0.567 bits per heavy atom. The molecule has 0 amide bonds. The van der Waals surface area contributed by atoms with E-state index in [0.717, 1.165) is 23.0 Å². The summed E-state index contributed by atoms with van der Waals surface area (Å²) in [6.07, 6.45) is 4.31. The van der Waals surface area contributed by atoms with Crippen molar-refractivity contribution in [1.29, 1.82) is 0 Å². The van der Waals surface area contributed by atoms with Crippen molar-refractivity contribution in [3.8, 4) is 39.1 Å². The van der Waals surface area contributed by atoms with Gasteiger partial charge < -0.3 is 13.8 Å². The van der Waals surface area contributed by atoms with Crippen molar-refractivity contribution in [2.45, 2.75) is 123 Å². The molecule has 332 valence electrons. The van der Waals surface area contributed by atoms with Gasteiger partial charge >= 0.3 is 6.85 Å². The highest BCUT2D eigenvalue weighted by Crippen LogP contribution is 2.60. The molecule has 4 aliphatic rings. The molecule has 2 aliphatic heterocycles. The van der Waals surface area contributed by atoms with Crippen LogP contribution in [0.1, 0.15) is 129 Å². The first-order valence-corrected chi connectivity index (χ1v) is 24.7. The molecule has 0 saturated carbocycles. The minimum atomic E-state index is -0.253. The molecule has 0 fully saturated rings. The van der Waals surface area contributed by atoms with Gasteiger partial charge in [-0.25, -0.2) is 0 Å². The van der Waals surface area contributed by atoms with Gasteiger partial charge in [0.1, 0.15) is 5.58 Å². The Hall–Kier alpha value is -6.26. The molecule has 2 aliphatic carbocycles. The van der Waals surface area contributed by atoms with Crippen molar-refractivity contribution < 1.29 is 4.42 Å². The van der Waals surface area contributed by atoms with Crippen molar-refractivity contribution in [2.24, 2.45) is 0 Å². The van der Waals surface area contributed by atoms with Gasteiger partial charge in [-0.15, -0.1) is 0 Å². The van der Waals surface area contributed by atoms with Crippen molar-refractivity contribution in [3.05, 3.63) is 161 Å². The topological polar surface area (TPSA) is 21.3 Å². The van der Waals surface area contributed by atoms with Crippen LogP contribution in [0.25, 0.3) is 71.8 Å². The van der Waals surface area contributed by atoms with Gasteiger partial charge in [0.15, 0.2) is 0 Å². The zero-order valence-corrected chi connectivity index (χ0v) is 41.4. The van der Waals surface area contributed by atoms with Crippen molar-refractivity contribution in [2.75, 3.05) is 4.81 Å². The second kappa shape index (κ2) is 13.0. The summed E-state index contributed by atoms with van der Waals surface area (Å²) in [5, 5.41) is 3.93. The van der Waals surface area contributed by atoms with Gasteiger partial charge in [0.25, 0.3) is 0 Å². The summed E-state index contributed by atoms with van der Waals surface area (Å²) in [5.74, 6) is 0. The summed E-state index contributed by atoms with van der Waals surface area (Å²) in [7, 11) is 0. The molecule has 0 atom stereocenters. The van der Waals surface area contributed by atoms with E-state index in [1.54, 1.807) is 0 Å². The van der Waals surface area contributed by atoms with Gasteiger partial charge in [-0.05, 0) is 150 Å². The lowest BCUT2D eigenvalue weighted by atomic mass is 9.43. The minimum absolute atomic E-state index is 0.0292. The number of benzene rings is 7. The third-order valence-corrected chi connectivity index (χ3v) is 17.0. The van der Waals surface area contributed by atoms with E-state index >= 15 is 0 Å². The molecule has 3 nitrogen and oxygen atoms in total. The Balaban J connectivity index is 1.28. The summed E-state index contributed by atoms with van der Waals surface area (Å²) in [4.78, 5) is 2.69. The van der Waals surface area contributed by atoms with E-state index in [4.69, 9.17) is 4.42 Å². The minimum Gasteiger partial charge on any atom is -0.464 e. The SMILES string of the molecule is CC(C)(C)c1ccc(N2B3c4cc5occ(-c6ccccc6)c5cc4-n4c5cc6c(cc5c5c7c(c(c3c54)-c3cc(C(C)(C)C)ccc32)-c2ccccc2C7(C)C)C(C)(C)CCC6(C)C)cc1. The van der Waals surface area contributed by atoms with Crippen molar-refractivity contribution >= 4 is 61.9 Å². The van der Waals surface area contributed by atoms with Gasteiger partial charge in [-0.3, -0.25) is 0 Å². The molecule has 0 unspecified atom stereocenters. The monoisotopic (exact) mass is 872 g/mol. The van der Waals surface area contributed by atoms with Crippen LogP contribution in [0.2, 0.25) is 0 Å². The van der Waals surface area contributed by atoms with Crippen LogP contribution in [-0.2, 0) is 27.1 Å². The quantitative estimate of drug-likeness (QED) is 0.161. The lowest BCUT2D eigenvalue weighted by Crippen LogP contribution is -2.60. The molecule has 13 rings (SSSR count). The Labute approximate surface area is 396 Å². The fourth-order valence-corrected chi connectivity index (χ4v) is 13.1. The normalized spacial score (nSPS) is 17.1. The van der Waals surface area contributed by atoms with Crippen LogP contribution in [0, 0.1) is 0 Å². The molecule has 7 aromatic carbocycles. The van der Waals surface area contributed by atoms with E-state index in [1.807, 2.05) is 6.26 Å². The van der Waals surface area contributed by atoms with Gasteiger partial charge in [0.2, 0.25) is 0 Å². The second-order valence-corrected chi connectivity index (χ2v) is 24.4. The molecule has 67 heavy (non-hydrogen) atoms. The fraction of sp³-hybridized carbons (Fsp3) is 0.302. The fourth-order valence-electron chi connectivity index (χ4n) is 13.1. The molecule has 4 heteroatoms. The van der Waals surface area contributed by atoms with Crippen molar-refractivity contribution in [1.82, 2.24) is 4.57 Å².